The molecule has 1 heterocycles. The van der Waals surface area contributed by atoms with Crippen molar-refractivity contribution in [2.75, 3.05) is 0 Å². The molecule has 0 fully saturated rings. The Balaban J connectivity index is 1.60. The van der Waals surface area contributed by atoms with Crippen molar-refractivity contribution in [1.82, 2.24) is 20.3 Å². The molecule has 22 heavy (non-hydrogen) atoms. The lowest BCUT2D eigenvalue weighted by Crippen LogP contribution is -2.22. The van der Waals surface area contributed by atoms with Gasteiger partial charge in [-0.3, -0.25) is 0 Å². The van der Waals surface area contributed by atoms with Crippen molar-refractivity contribution in [2.45, 2.75) is 13.1 Å². The molecule has 110 valence electrons. The molecule has 0 aliphatic carbocycles. The van der Waals surface area contributed by atoms with E-state index in [1.165, 1.54) is 11.1 Å². The Labute approximate surface area is 134 Å². The van der Waals surface area contributed by atoms with Gasteiger partial charge in [-0.1, -0.05) is 78.1 Å². The maximum absolute atomic E-state index is 5.37. The normalized spacial score (nSPS) is 10.4. The van der Waals surface area contributed by atoms with Gasteiger partial charge in [0.05, 0.1) is 12.7 Å². The standard InChI is InChI=1S/C17H16N4S/c22-17(18-11-14-7-3-1-4-8-14)16-13-21(20-19-16)12-15-9-5-2-6-10-15/h1-10,13H,11-12H2,(H,18,22). The van der Waals surface area contributed by atoms with Crippen molar-refractivity contribution >= 4 is 17.2 Å². The molecule has 0 spiro atoms. The van der Waals surface area contributed by atoms with Gasteiger partial charge in [-0.25, -0.2) is 4.68 Å². The molecule has 0 unspecified atom stereocenters. The zero-order valence-electron chi connectivity index (χ0n) is 12.0. The summed E-state index contributed by atoms with van der Waals surface area (Å²) in [6.45, 7) is 1.38. The number of nitrogens with one attached hydrogen (secondary N) is 1. The van der Waals surface area contributed by atoms with Gasteiger partial charge >= 0.3 is 0 Å². The molecule has 0 bridgehead atoms. The molecule has 0 amide bonds. The highest BCUT2D eigenvalue weighted by atomic mass is 32.1. The summed E-state index contributed by atoms with van der Waals surface area (Å²) in [6.07, 6.45) is 1.87. The molecule has 0 radical (unpaired) electrons. The minimum atomic E-state index is 0.614. The van der Waals surface area contributed by atoms with Gasteiger partial charge < -0.3 is 5.32 Å². The molecule has 3 aromatic rings. The summed E-state index contributed by atoms with van der Waals surface area (Å²) >= 11 is 5.37. The van der Waals surface area contributed by atoms with Crippen LogP contribution in [0.15, 0.2) is 66.9 Å². The first-order valence-corrected chi connectivity index (χ1v) is 7.48. The van der Waals surface area contributed by atoms with Crippen LogP contribution in [0.25, 0.3) is 0 Å². The van der Waals surface area contributed by atoms with Crippen LogP contribution in [0.4, 0.5) is 0 Å². The lowest BCUT2D eigenvalue weighted by molar-refractivity contribution is 0.649. The van der Waals surface area contributed by atoms with Crippen LogP contribution in [0.1, 0.15) is 16.8 Å². The summed E-state index contributed by atoms with van der Waals surface area (Å²) in [7, 11) is 0. The van der Waals surface area contributed by atoms with Crippen LogP contribution >= 0.6 is 12.2 Å². The first kappa shape index (κ1) is 14.4. The van der Waals surface area contributed by atoms with E-state index >= 15 is 0 Å². The molecule has 0 saturated carbocycles. The van der Waals surface area contributed by atoms with E-state index in [4.69, 9.17) is 12.2 Å². The van der Waals surface area contributed by atoms with E-state index in [0.29, 0.717) is 23.8 Å². The molecule has 5 heteroatoms. The van der Waals surface area contributed by atoms with Gasteiger partial charge in [-0.05, 0) is 11.1 Å². The molecule has 4 nitrogen and oxygen atoms in total. The maximum atomic E-state index is 5.37. The van der Waals surface area contributed by atoms with Crippen LogP contribution in [0.5, 0.6) is 0 Å². The van der Waals surface area contributed by atoms with Crippen LogP contribution in [0.2, 0.25) is 0 Å². The molecule has 0 aliphatic rings. The predicted octanol–water partition coefficient (Wildman–Crippen LogP) is 2.79. The molecule has 1 aromatic heterocycles. The van der Waals surface area contributed by atoms with Crippen LogP contribution < -0.4 is 5.32 Å². The van der Waals surface area contributed by atoms with Crippen molar-refractivity contribution in [3.63, 3.8) is 0 Å². The molecule has 0 atom stereocenters. The van der Waals surface area contributed by atoms with Crippen molar-refractivity contribution in [2.24, 2.45) is 0 Å². The lowest BCUT2D eigenvalue weighted by atomic mass is 10.2. The fraction of sp³-hybridized carbons (Fsp3) is 0.118. The largest absolute Gasteiger partial charge is 0.370 e. The topological polar surface area (TPSA) is 42.7 Å². The highest BCUT2D eigenvalue weighted by molar-refractivity contribution is 7.80. The SMILES string of the molecule is S=C(NCc1ccccc1)c1cn(Cc2ccccc2)nn1. The van der Waals surface area contributed by atoms with Crippen LogP contribution in [0.3, 0.4) is 0 Å². The summed E-state index contributed by atoms with van der Waals surface area (Å²) in [6, 6.07) is 20.3. The average Bonchev–Trinajstić information content (AvgIpc) is 3.03. The predicted molar refractivity (Wildman–Crippen MR) is 90.5 cm³/mol. The Kier molecular flexibility index (Phi) is 4.56. The van der Waals surface area contributed by atoms with Crippen LogP contribution in [-0.4, -0.2) is 20.0 Å². The van der Waals surface area contributed by atoms with E-state index in [1.54, 1.807) is 4.68 Å². The minimum Gasteiger partial charge on any atom is -0.370 e. The Hall–Kier alpha value is -2.53. The number of benzene rings is 2. The second kappa shape index (κ2) is 6.95. The van der Waals surface area contributed by atoms with Crippen LogP contribution in [-0.2, 0) is 13.1 Å². The van der Waals surface area contributed by atoms with Gasteiger partial charge in [0.1, 0.15) is 10.7 Å². The fourth-order valence-electron chi connectivity index (χ4n) is 2.12. The highest BCUT2D eigenvalue weighted by Crippen LogP contribution is 2.03. The Morgan fingerprint density at radius 3 is 2.27 bits per heavy atom. The summed E-state index contributed by atoms with van der Waals surface area (Å²) in [5, 5.41) is 11.5. The Morgan fingerprint density at radius 2 is 1.59 bits per heavy atom. The molecule has 0 saturated heterocycles. The van der Waals surface area contributed by atoms with E-state index in [2.05, 4.69) is 39.9 Å². The molecule has 0 aliphatic heterocycles. The average molecular weight is 308 g/mol. The van der Waals surface area contributed by atoms with Gasteiger partial charge in [0.15, 0.2) is 0 Å². The molecule has 1 N–H and O–H groups in total. The van der Waals surface area contributed by atoms with Gasteiger partial charge in [0.2, 0.25) is 0 Å². The third-order valence-corrected chi connectivity index (χ3v) is 3.61. The van der Waals surface area contributed by atoms with Gasteiger partial charge in [-0.15, -0.1) is 5.10 Å². The number of aromatic nitrogens is 3. The van der Waals surface area contributed by atoms with E-state index in [-0.39, 0.29) is 0 Å². The number of nitrogens with zero attached hydrogens (tertiary/aromatic N) is 3. The van der Waals surface area contributed by atoms with E-state index in [0.717, 1.165) is 0 Å². The summed E-state index contributed by atoms with van der Waals surface area (Å²) < 4.78 is 1.79. The third-order valence-electron chi connectivity index (χ3n) is 3.25. The fourth-order valence-corrected chi connectivity index (χ4v) is 2.28. The van der Waals surface area contributed by atoms with Gasteiger partial charge in [0.25, 0.3) is 0 Å². The zero-order chi connectivity index (χ0) is 15.2. The summed E-state index contributed by atoms with van der Waals surface area (Å²) in [5.74, 6) is 0. The molecule has 2 aromatic carbocycles. The first-order chi connectivity index (χ1) is 10.8. The highest BCUT2D eigenvalue weighted by Gasteiger charge is 2.07. The molecular weight excluding hydrogens is 292 g/mol. The summed E-state index contributed by atoms with van der Waals surface area (Å²) in [4.78, 5) is 0.614. The lowest BCUT2D eigenvalue weighted by Gasteiger charge is -2.05. The maximum Gasteiger partial charge on any atom is 0.140 e. The minimum absolute atomic E-state index is 0.614. The second-order valence-corrected chi connectivity index (χ2v) is 5.36. The van der Waals surface area contributed by atoms with Crippen molar-refractivity contribution in [3.8, 4) is 0 Å². The van der Waals surface area contributed by atoms with Gasteiger partial charge in [-0.2, -0.15) is 0 Å². The third kappa shape index (κ3) is 3.77. The van der Waals surface area contributed by atoms with E-state index < -0.39 is 0 Å². The number of hydrogen-bond acceptors (Lipinski definition) is 3. The number of thiocarbonyl (C=S) groups is 1. The monoisotopic (exact) mass is 308 g/mol. The van der Waals surface area contributed by atoms with Crippen molar-refractivity contribution in [3.05, 3.63) is 83.7 Å². The van der Waals surface area contributed by atoms with E-state index in [9.17, 15) is 0 Å². The van der Waals surface area contributed by atoms with Crippen LogP contribution in [0, 0.1) is 0 Å². The quantitative estimate of drug-likeness (QED) is 0.736. The van der Waals surface area contributed by atoms with E-state index in [1.807, 2.05) is 42.6 Å². The summed E-state index contributed by atoms with van der Waals surface area (Å²) in [5.41, 5.74) is 3.06. The Bertz CT molecular complexity index is 738. The number of rotatable bonds is 5. The van der Waals surface area contributed by atoms with Gasteiger partial charge in [0, 0.05) is 6.54 Å². The number of hydrogen-bond donors (Lipinski definition) is 1. The smallest absolute Gasteiger partial charge is 0.140 e. The zero-order valence-corrected chi connectivity index (χ0v) is 12.8. The van der Waals surface area contributed by atoms with Crippen molar-refractivity contribution < 1.29 is 0 Å². The van der Waals surface area contributed by atoms with Crippen molar-refractivity contribution in [1.29, 1.82) is 0 Å². The molecule has 3 rings (SSSR count). The Morgan fingerprint density at radius 1 is 0.955 bits per heavy atom. The second-order valence-electron chi connectivity index (χ2n) is 4.96. The first-order valence-electron chi connectivity index (χ1n) is 7.07. The molecular formula is C17H16N4S.